The predicted octanol–water partition coefficient (Wildman–Crippen LogP) is 1.35. The molecule has 0 unspecified atom stereocenters. The van der Waals surface area contributed by atoms with Crippen molar-refractivity contribution < 1.29 is 13.2 Å². The van der Waals surface area contributed by atoms with Crippen LogP contribution in [0.25, 0.3) is 0 Å². The maximum atomic E-state index is 12.3. The van der Waals surface area contributed by atoms with Gasteiger partial charge in [0.25, 0.3) is 0 Å². The van der Waals surface area contributed by atoms with E-state index in [9.17, 15) is 8.42 Å². The maximum absolute atomic E-state index is 12.3. The molecule has 28 heavy (non-hydrogen) atoms. The highest BCUT2D eigenvalue weighted by Crippen LogP contribution is 2.37. The first-order chi connectivity index (χ1) is 13.3. The monoisotopic (exact) mass is 414 g/mol. The number of sulfone groups is 1. The third-order valence-corrected chi connectivity index (χ3v) is 9.29. The average Bonchev–Trinajstić information content (AvgIpc) is 2.66. The molecule has 1 aliphatic carbocycles. The Labute approximate surface area is 170 Å². The lowest BCUT2D eigenvalue weighted by molar-refractivity contribution is 0.00807. The average molecular weight is 415 g/mol. The van der Waals surface area contributed by atoms with Crippen molar-refractivity contribution in [3.63, 3.8) is 0 Å². The van der Waals surface area contributed by atoms with Crippen LogP contribution in [0.5, 0.6) is 0 Å². The Morgan fingerprint density at radius 3 is 2.39 bits per heavy atom. The number of nitrogens with zero attached hydrogens (tertiary/aromatic N) is 3. The smallest absolute Gasteiger partial charge is 0.193 e. The lowest BCUT2D eigenvalue weighted by Crippen LogP contribution is -2.58. The minimum Gasteiger partial charge on any atom is -0.379 e. The van der Waals surface area contributed by atoms with Crippen molar-refractivity contribution >= 4 is 15.8 Å². The summed E-state index contributed by atoms with van der Waals surface area (Å²) < 4.78 is 29.5. The second kappa shape index (κ2) is 8.88. The minimum absolute atomic E-state index is 0.194. The summed E-state index contributed by atoms with van der Waals surface area (Å²) in [5, 5.41) is 3.63. The quantitative estimate of drug-likeness (QED) is 0.553. The van der Waals surface area contributed by atoms with Crippen LogP contribution in [0.2, 0.25) is 0 Å². The highest BCUT2D eigenvalue weighted by Gasteiger charge is 2.41. The summed E-state index contributed by atoms with van der Waals surface area (Å²) >= 11 is 0. The van der Waals surface area contributed by atoms with E-state index in [0.29, 0.717) is 13.1 Å². The van der Waals surface area contributed by atoms with Crippen molar-refractivity contribution in [1.82, 2.24) is 15.1 Å². The van der Waals surface area contributed by atoms with Crippen molar-refractivity contribution in [2.45, 2.75) is 50.7 Å². The normalized spacial score (nSPS) is 28.1. The molecule has 3 aliphatic rings. The molecular weight excluding hydrogens is 376 g/mol. The summed E-state index contributed by atoms with van der Waals surface area (Å²) in [5.74, 6) is 1.04. The van der Waals surface area contributed by atoms with Gasteiger partial charge in [-0.25, -0.2) is 8.42 Å². The number of hydrogen-bond donors (Lipinski definition) is 1. The molecule has 0 atom stereocenters. The van der Waals surface area contributed by atoms with E-state index < -0.39 is 14.6 Å². The summed E-state index contributed by atoms with van der Waals surface area (Å²) in [6.45, 7) is 10.4. The van der Waals surface area contributed by atoms with Gasteiger partial charge in [-0.2, -0.15) is 0 Å². The van der Waals surface area contributed by atoms with Gasteiger partial charge >= 0.3 is 0 Å². The molecule has 8 heteroatoms. The first-order valence-electron chi connectivity index (χ1n) is 10.8. The summed E-state index contributed by atoms with van der Waals surface area (Å²) in [6, 6.07) is 0. The Morgan fingerprint density at radius 1 is 1.11 bits per heavy atom. The van der Waals surface area contributed by atoms with E-state index in [4.69, 9.17) is 4.74 Å². The molecule has 0 bridgehead atoms. The van der Waals surface area contributed by atoms with Gasteiger partial charge in [-0.1, -0.05) is 19.3 Å². The highest BCUT2D eigenvalue weighted by molar-refractivity contribution is 7.92. The summed E-state index contributed by atoms with van der Waals surface area (Å²) in [5.41, 5.74) is 0.267. The molecule has 7 nitrogen and oxygen atoms in total. The van der Waals surface area contributed by atoms with Crippen LogP contribution < -0.4 is 5.32 Å². The second-order valence-corrected chi connectivity index (χ2v) is 12.1. The van der Waals surface area contributed by atoms with E-state index in [2.05, 4.69) is 20.1 Å². The lowest BCUT2D eigenvalue weighted by Gasteiger charge is -2.44. The van der Waals surface area contributed by atoms with Crippen molar-refractivity contribution in [3.8, 4) is 0 Å². The first-order valence-corrected chi connectivity index (χ1v) is 12.4. The summed E-state index contributed by atoms with van der Waals surface area (Å²) in [4.78, 5) is 9.16. The van der Waals surface area contributed by atoms with Crippen LogP contribution in [0.4, 0.5) is 0 Å². The van der Waals surface area contributed by atoms with Gasteiger partial charge in [0.1, 0.15) is 0 Å². The first kappa shape index (κ1) is 21.8. The Bertz CT molecular complexity index is 650. The highest BCUT2D eigenvalue weighted by atomic mass is 32.2. The fourth-order valence-corrected chi connectivity index (χ4v) is 6.22. The predicted molar refractivity (Wildman–Crippen MR) is 114 cm³/mol. The van der Waals surface area contributed by atoms with Crippen LogP contribution in [0.3, 0.4) is 0 Å². The molecule has 0 spiro atoms. The molecule has 2 heterocycles. The summed E-state index contributed by atoms with van der Waals surface area (Å²) in [7, 11) is -1.25. The van der Waals surface area contributed by atoms with Crippen LogP contribution in [0.1, 0.15) is 46.0 Å². The van der Waals surface area contributed by atoms with Crippen LogP contribution >= 0.6 is 0 Å². The SMILES string of the molecule is CN=C(NCC1(CN2CCOCC2)CCCCC1)N1CCS(=O)(=O)C(C)(C)C1. The van der Waals surface area contributed by atoms with Crippen molar-refractivity contribution in [2.75, 3.05) is 65.3 Å². The van der Waals surface area contributed by atoms with Crippen molar-refractivity contribution in [3.05, 3.63) is 0 Å². The van der Waals surface area contributed by atoms with E-state index in [1.54, 1.807) is 7.05 Å². The van der Waals surface area contributed by atoms with Crippen molar-refractivity contribution in [2.24, 2.45) is 10.4 Å². The van der Waals surface area contributed by atoms with Gasteiger partial charge in [-0.15, -0.1) is 0 Å². The number of guanidine groups is 1. The van der Waals surface area contributed by atoms with Gasteiger partial charge in [0.05, 0.1) is 23.7 Å². The molecular formula is C20H38N4O3S. The zero-order valence-corrected chi connectivity index (χ0v) is 18.7. The van der Waals surface area contributed by atoms with Crippen LogP contribution in [0.15, 0.2) is 4.99 Å². The number of aliphatic imine (C=N–C) groups is 1. The largest absolute Gasteiger partial charge is 0.379 e. The van der Waals surface area contributed by atoms with Crippen LogP contribution in [0, 0.1) is 5.41 Å². The fourth-order valence-electron chi connectivity index (χ4n) is 4.85. The topological polar surface area (TPSA) is 74.2 Å². The molecule has 1 N–H and O–H groups in total. The molecule has 2 aliphatic heterocycles. The zero-order chi connectivity index (χ0) is 20.3. The van der Waals surface area contributed by atoms with E-state index in [0.717, 1.165) is 45.4 Å². The standard InChI is InChI=1S/C20H38N4O3S/c1-19(2)16-24(11-14-28(19,25)26)18(21-3)22-15-20(7-5-4-6-8-20)17-23-9-12-27-13-10-23/h4-17H2,1-3H3,(H,21,22). The number of morpholine rings is 1. The molecule has 0 aromatic rings. The number of nitrogens with one attached hydrogen (secondary N) is 1. The number of ether oxygens (including phenoxy) is 1. The molecule has 0 radical (unpaired) electrons. The van der Waals surface area contributed by atoms with Crippen LogP contribution in [-0.2, 0) is 14.6 Å². The third kappa shape index (κ3) is 5.00. The molecule has 1 saturated carbocycles. The summed E-state index contributed by atoms with van der Waals surface area (Å²) in [6.07, 6.45) is 6.40. The molecule has 0 aromatic carbocycles. The van der Waals surface area contributed by atoms with Gasteiger partial charge in [0.2, 0.25) is 0 Å². The maximum Gasteiger partial charge on any atom is 0.193 e. The molecule has 3 fully saturated rings. The van der Waals surface area contributed by atoms with E-state index >= 15 is 0 Å². The molecule has 0 amide bonds. The van der Waals surface area contributed by atoms with Gasteiger partial charge < -0.3 is 15.0 Å². The molecule has 2 saturated heterocycles. The number of rotatable bonds is 4. The zero-order valence-electron chi connectivity index (χ0n) is 17.9. The second-order valence-electron chi connectivity index (χ2n) is 9.35. The van der Waals surface area contributed by atoms with Gasteiger partial charge in [0.15, 0.2) is 15.8 Å². The van der Waals surface area contributed by atoms with Gasteiger partial charge in [0, 0.05) is 51.7 Å². The van der Waals surface area contributed by atoms with E-state index in [1.165, 1.54) is 32.1 Å². The molecule has 0 aromatic heterocycles. The molecule has 3 rings (SSSR count). The van der Waals surface area contributed by atoms with Gasteiger partial charge in [-0.3, -0.25) is 9.89 Å². The number of hydrogen-bond acceptors (Lipinski definition) is 5. The lowest BCUT2D eigenvalue weighted by atomic mass is 9.73. The Balaban J connectivity index is 1.64. The minimum atomic E-state index is -3.05. The Kier molecular flexibility index (Phi) is 6.92. The van der Waals surface area contributed by atoms with Gasteiger partial charge in [-0.05, 0) is 26.7 Å². The Hall–Kier alpha value is -0.860. The van der Waals surface area contributed by atoms with E-state index in [1.807, 2.05) is 13.8 Å². The third-order valence-electron chi connectivity index (χ3n) is 6.75. The van der Waals surface area contributed by atoms with E-state index in [-0.39, 0.29) is 11.2 Å². The fraction of sp³-hybridized carbons (Fsp3) is 0.950. The van der Waals surface area contributed by atoms with Crippen molar-refractivity contribution in [1.29, 1.82) is 0 Å². The molecule has 162 valence electrons. The van der Waals surface area contributed by atoms with Crippen LogP contribution in [-0.4, -0.2) is 94.2 Å². The Morgan fingerprint density at radius 2 is 1.79 bits per heavy atom.